The molecule has 110 valence electrons. The summed E-state index contributed by atoms with van der Waals surface area (Å²) in [7, 11) is 0. The fraction of sp³-hybridized carbons (Fsp3) is 0.400. The Balaban J connectivity index is 1.77. The van der Waals surface area contributed by atoms with Gasteiger partial charge in [-0.2, -0.15) is 0 Å². The second kappa shape index (κ2) is 5.63. The van der Waals surface area contributed by atoms with Crippen molar-refractivity contribution in [1.29, 1.82) is 0 Å². The molecule has 0 radical (unpaired) electrons. The molecule has 3 rings (SSSR count). The molecule has 0 bridgehead atoms. The van der Waals surface area contributed by atoms with Crippen LogP contribution in [0.2, 0.25) is 0 Å². The topological polar surface area (TPSA) is 75.1 Å². The highest BCUT2D eigenvalue weighted by Crippen LogP contribution is 2.28. The van der Waals surface area contributed by atoms with Crippen LogP contribution in [0.1, 0.15) is 25.7 Å². The quantitative estimate of drug-likeness (QED) is 0.908. The van der Waals surface area contributed by atoms with E-state index in [0.29, 0.717) is 29.6 Å². The highest BCUT2D eigenvalue weighted by atomic mass is 19.1. The Hall–Kier alpha value is -2.24. The third-order valence-corrected chi connectivity index (χ3v) is 4.03. The van der Waals surface area contributed by atoms with E-state index in [0.717, 1.165) is 12.8 Å². The summed E-state index contributed by atoms with van der Waals surface area (Å²) in [6.45, 7) is 0. The molecular weight excluding hydrogens is 273 g/mol. The van der Waals surface area contributed by atoms with Gasteiger partial charge in [-0.1, -0.05) is 6.07 Å². The first kappa shape index (κ1) is 13.7. The molecule has 1 saturated carbocycles. The maximum atomic E-state index is 13.7. The molecule has 1 aliphatic rings. The minimum Gasteiger partial charge on any atom is -0.481 e. The number of nitrogens with zero attached hydrogens (tertiary/aromatic N) is 2. The Bertz CT molecular complexity index is 669. The fourth-order valence-electron chi connectivity index (χ4n) is 2.84. The lowest BCUT2D eigenvalue weighted by Crippen LogP contribution is -2.29. The van der Waals surface area contributed by atoms with Crippen molar-refractivity contribution in [1.82, 2.24) is 9.97 Å². The van der Waals surface area contributed by atoms with Crippen molar-refractivity contribution in [3.63, 3.8) is 0 Å². The van der Waals surface area contributed by atoms with Gasteiger partial charge in [-0.15, -0.1) is 0 Å². The lowest BCUT2D eigenvalue weighted by Gasteiger charge is -2.27. The smallest absolute Gasteiger partial charge is 0.306 e. The number of carbonyl (C=O) groups is 1. The summed E-state index contributed by atoms with van der Waals surface area (Å²) in [5, 5.41) is 13.0. The number of fused-ring (bicyclic) bond motifs is 1. The van der Waals surface area contributed by atoms with Crippen LogP contribution in [-0.4, -0.2) is 27.1 Å². The van der Waals surface area contributed by atoms with E-state index < -0.39 is 5.97 Å². The third-order valence-electron chi connectivity index (χ3n) is 4.03. The second-order valence-corrected chi connectivity index (χ2v) is 5.39. The molecule has 1 aliphatic carbocycles. The van der Waals surface area contributed by atoms with Crippen molar-refractivity contribution < 1.29 is 14.3 Å². The monoisotopic (exact) mass is 289 g/mol. The standard InChI is InChI=1S/C15H16FN3O2/c16-12-3-1-2-11-13(12)17-8-18-14(11)19-10-6-4-9(5-7-10)15(20)21/h1-3,8-10H,4-7H2,(H,20,21)(H,17,18,19). The van der Waals surface area contributed by atoms with Gasteiger partial charge in [0, 0.05) is 11.4 Å². The van der Waals surface area contributed by atoms with Crippen molar-refractivity contribution in [2.75, 3.05) is 5.32 Å². The summed E-state index contributed by atoms with van der Waals surface area (Å²) in [5.74, 6) is -0.726. The Morgan fingerprint density at radius 1 is 1.24 bits per heavy atom. The maximum absolute atomic E-state index is 13.7. The molecule has 2 aromatic rings. The molecule has 21 heavy (non-hydrogen) atoms. The van der Waals surface area contributed by atoms with Crippen molar-refractivity contribution >= 4 is 22.7 Å². The van der Waals surface area contributed by atoms with Crippen LogP contribution in [0.5, 0.6) is 0 Å². The number of carboxylic acid groups (broad SMARTS) is 1. The summed E-state index contributed by atoms with van der Waals surface area (Å²) in [4.78, 5) is 19.1. The van der Waals surface area contributed by atoms with E-state index in [2.05, 4.69) is 15.3 Å². The zero-order chi connectivity index (χ0) is 14.8. The zero-order valence-corrected chi connectivity index (χ0v) is 11.4. The van der Waals surface area contributed by atoms with Crippen LogP contribution in [-0.2, 0) is 4.79 Å². The molecule has 5 nitrogen and oxygen atoms in total. The molecule has 0 aliphatic heterocycles. The van der Waals surface area contributed by atoms with Crippen molar-refractivity contribution in [2.24, 2.45) is 5.92 Å². The molecule has 0 unspecified atom stereocenters. The van der Waals surface area contributed by atoms with Crippen molar-refractivity contribution in [3.8, 4) is 0 Å². The number of carboxylic acids is 1. The minimum absolute atomic E-state index is 0.168. The predicted molar refractivity (Wildman–Crippen MR) is 76.5 cm³/mol. The number of rotatable bonds is 3. The van der Waals surface area contributed by atoms with E-state index in [1.165, 1.54) is 12.4 Å². The SMILES string of the molecule is O=C(O)C1CCC(Nc2ncnc3c(F)cccc23)CC1. The molecule has 0 saturated heterocycles. The van der Waals surface area contributed by atoms with Crippen LogP contribution in [0.15, 0.2) is 24.5 Å². The van der Waals surface area contributed by atoms with Gasteiger partial charge in [0.1, 0.15) is 23.5 Å². The first-order valence-corrected chi connectivity index (χ1v) is 7.03. The highest BCUT2D eigenvalue weighted by Gasteiger charge is 2.26. The van der Waals surface area contributed by atoms with E-state index in [1.807, 2.05) is 0 Å². The van der Waals surface area contributed by atoms with E-state index in [4.69, 9.17) is 5.11 Å². The average molecular weight is 289 g/mol. The summed E-state index contributed by atoms with van der Waals surface area (Å²) in [6, 6.07) is 4.95. The predicted octanol–water partition coefficient (Wildman–Crippen LogP) is 2.82. The molecular formula is C15H16FN3O2. The average Bonchev–Trinajstić information content (AvgIpc) is 2.49. The molecule has 1 aromatic heterocycles. The number of halogens is 1. The van der Waals surface area contributed by atoms with Gasteiger partial charge in [0.2, 0.25) is 0 Å². The van der Waals surface area contributed by atoms with Gasteiger partial charge in [-0.3, -0.25) is 4.79 Å². The van der Waals surface area contributed by atoms with Gasteiger partial charge in [-0.25, -0.2) is 14.4 Å². The first-order chi connectivity index (χ1) is 10.1. The van der Waals surface area contributed by atoms with Crippen LogP contribution in [0, 0.1) is 11.7 Å². The highest BCUT2D eigenvalue weighted by molar-refractivity contribution is 5.89. The number of para-hydroxylation sites is 1. The van der Waals surface area contributed by atoms with E-state index in [-0.39, 0.29) is 17.8 Å². The number of hydrogen-bond acceptors (Lipinski definition) is 4. The van der Waals surface area contributed by atoms with Gasteiger partial charge in [0.15, 0.2) is 0 Å². The fourth-order valence-corrected chi connectivity index (χ4v) is 2.84. The number of nitrogens with one attached hydrogen (secondary N) is 1. The molecule has 0 amide bonds. The van der Waals surface area contributed by atoms with E-state index in [1.54, 1.807) is 12.1 Å². The number of aromatic nitrogens is 2. The van der Waals surface area contributed by atoms with Gasteiger partial charge >= 0.3 is 5.97 Å². The maximum Gasteiger partial charge on any atom is 0.306 e. The first-order valence-electron chi connectivity index (χ1n) is 7.03. The summed E-state index contributed by atoms with van der Waals surface area (Å²) >= 11 is 0. The van der Waals surface area contributed by atoms with Crippen LogP contribution in [0.25, 0.3) is 10.9 Å². The number of benzene rings is 1. The Morgan fingerprint density at radius 2 is 2.00 bits per heavy atom. The Kier molecular flexibility index (Phi) is 3.68. The number of aliphatic carboxylic acids is 1. The van der Waals surface area contributed by atoms with Gasteiger partial charge in [0.25, 0.3) is 0 Å². The van der Waals surface area contributed by atoms with Gasteiger partial charge < -0.3 is 10.4 Å². The molecule has 2 N–H and O–H groups in total. The summed E-state index contributed by atoms with van der Waals surface area (Å²) in [5.41, 5.74) is 0.300. The van der Waals surface area contributed by atoms with E-state index in [9.17, 15) is 9.18 Å². The number of anilines is 1. The van der Waals surface area contributed by atoms with Crippen LogP contribution in [0.4, 0.5) is 10.2 Å². The lowest BCUT2D eigenvalue weighted by atomic mass is 9.86. The normalized spacial score (nSPS) is 22.1. The molecule has 1 aromatic carbocycles. The Morgan fingerprint density at radius 3 is 2.71 bits per heavy atom. The molecule has 0 atom stereocenters. The minimum atomic E-state index is -0.719. The second-order valence-electron chi connectivity index (χ2n) is 5.39. The van der Waals surface area contributed by atoms with Crippen LogP contribution < -0.4 is 5.32 Å². The van der Waals surface area contributed by atoms with E-state index >= 15 is 0 Å². The largest absolute Gasteiger partial charge is 0.481 e. The summed E-state index contributed by atoms with van der Waals surface area (Å²) in [6.07, 6.45) is 4.21. The molecule has 6 heteroatoms. The molecule has 1 fully saturated rings. The van der Waals surface area contributed by atoms with Gasteiger partial charge in [0.05, 0.1) is 5.92 Å². The third kappa shape index (κ3) is 2.79. The lowest BCUT2D eigenvalue weighted by molar-refractivity contribution is -0.142. The van der Waals surface area contributed by atoms with Crippen LogP contribution >= 0.6 is 0 Å². The number of hydrogen-bond donors (Lipinski definition) is 2. The van der Waals surface area contributed by atoms with Crippen LogP contribution in [0.3, 0.4) is 0 Å². The van der Waals surface area contributed by atoms with Crippen molar-refractivity contribution in [2.45, 2.75) is 31.7 Å². The Labute approximate surface area is 121 Å². The van der Waals surface area contributed by atoms with Crippen molar-refractivity contribution in [3.05, 3.63) is 30.3 Å². The van der Waals surface area contributed by atoms with Gasteiger partial charge in [-0.05, 0) is 37.8 Å². The molecule has 0 spiro atoms. The summed E-state index contributed by atoms with van der Waals surface area (Å²) < 4.78 is 13.7. The molecule has 1 heterocycles. The zero-order valence-electron chi connectivity index (χ0n) is 11.4.